The van der Waals surface area contributed by atoms with Gasteiger partial charge in [0.15, 0.2) is 0 Å². The second-order valence-corrected chi connectivity index (χ2v) is 24.7. The van der Waals surface area contributed by atoms with E-state index in [1.807, 2.05) is 30.3 Å². The third kappa shape index (κ3) is 21.1. The Kier molecular flexibility index (Phi) is 27.5. The molecule has 0 saturated carbocycles. The molecule has 1 fully saturated rings. The number of carbonyl (C=O) groups is 9. The van der Waals surface area contributed by atoms with E-state index >= 15 is 0 Å². The molecule has 486 valence electrons. The van der Waals surface area contributed by atoms with E-state index < -0.39 is 83.2 Å². The summed E-state index contributed by atoms with van der Waals surface area (Å²) in [6, 6.07) is 19.6. The van der Waals surface area contributed by atoms with Crippen molar-refractivity contribution in [2.45, 2.75) is 139 Å². The maximum absolute atomic E-state index is 14.3. The summed E-state index contributed by atoms with van der Waals surface area (Å²) in [5.74, 6) is -1.27. The second-order valence-electron chi connectivity index (χ2n) is 22.5. The summed E-state index contributed by atoms with van der Waals surface area (Å²) < 4.78 is 30.6. The van der Waals surface area contributed by atoms with E-state index in [1.165, 1.54) is 47.1 Å². The minimum absolute atomic E-state index is 0.0201. The summed E-state index contributed by atoms with van der Waals surface area (Å²) in [5, 5.41) is 19.7. The lowest BCUT2D eigenvalue weighted by Gasteiger charge is -2.36. The molecule has 90 heavy (non-hydrogen) atoms. The molecular weight excluding hydrogens is 1200 g/mol. The molecule has 2 heterocycles. The Morgan fingerprint density at radius 3 is 2.01 bits per heavy atom. The van der Waals surface area contributed by atoms with Crippen LogP contribution in [-0.4, -0.2) is 163 Å². The van der Waals surface area contributed by atoms with E-state index in [0.29, 0.717) is 82.5 Å². The first-order chi connectivity index (χ1) is 43.0. The van der Waals surface area contributed by atoms with Gasteiger partial charge in [-0.1, -0.05) is 48.5 Å². The van der Waals surface area contributed by atoms with Crippen LogP contribution in [0.25, 0.3) is 10.9 Å². The van der Waals surface area contributed by atoms with Crippen LogP contribution in [0.4, 0.5) is 4.39 Å². The van der Waals surface area contributed by atoms with Gasteiger partial charge in [-0.05, 0) is 118 Å². The first-order valence-corrected chi connectivity index (χ1v) is 32.3. The number of nitrogens with zero attached hydrogens (tertiary/aromatic N) is 1. The standard InChI is InChI=1S/C65H85FN10O12S2/c1-39(77)22-27-88-50-15-10-12-44(31-50)33-53(61(82)74-54(60(81)68-6)34-47-36-70-52-21-18-48(66)35-51(47)52)73-59(80)41(3)72-58(79)40(2)71-56(78)23-28-89-37-45-13-9-14-46(30-45)38-90-29-25-69-64(85)65(5)24-11-26-76(65)63(84)55(75-62(83)57(67)42(4)86-7)32-43-16-19-49(87-8)20-17-43/h9-10,12-21,30-31,35-36,40-42,53-55,57,70H,11,22-29,32-34,37-38,67H2,1-8H3,(H,68,81)(H,69,85)(H,71,78)(H,72,79)(H,73,80)(H,74,82)(H,75,83)/t40-,41+,42+,53-,54-,55-,57-,65-/m0/s1. The Morgan fingerprint density at radius 2 is 1.32 bits per heavy atom. The van der Waals surface area contributed by atoms with Gasteiger partial charge in [-0.25, -0.2) is 4.39 Å². The normalized spacial score (nSPS) is 16.0. The number of aromatic amines is 1. The summed E-state index contributed by atoms with van der Waals surface area (Å²) in [4.78, 5) is 125. The lowest BCUT2D eigenvalue weighted by molar-refractivity contribution is -0.146. The zero-order valence-electron chi connectivity index (χ0n) is 52.3. The Hall–Kier alpha value is -8.00. The zero-order valence-corrected chi connectivity index (χ0v) is 53.9. The van der Waals surface area contributed by atoms with Crippen LogP contribution in [0.1, 0.15) is 88.1 Å². The van der Waals surface area contributed by atoms with Crippen molar-refractivity contribution >= 4 is 87.5 Å². The third-order valence-electron chi connectivity index (χ3n) is 15.6. The maximum Gasteiger partial charge on any atom is 0.246 e. The van der Waals surface area contributed by atoms with Gasteiger partial charge in [0.2, 0.25) is 47.3 Å². The number of hydrogen-bond acceptors (Lipinski definition) is 15. The molecule has 0 radical (unpaired) electrons. The number of ketones is 1. The predicted molar refractivity (Wildman–Crippen MR) is 345 cm³/mol. The highest BCUT2D eigenvalue weighted by Crippen LogP contribution is 2.31. The van der Waals surface area contributed by atoms with Crippen LogP contribution in [0.5, 0.6) is 11.5 Å². The largest absolute Gasteiger partial charge is 0.497 e. The van der Waals surface area contributed by atoms with Crippen LogP contribution < -0.4 is 52.4 Å². The van der Waals surface area contributed by atoms with Crippen molar-refractivity contribution in [1.82, 2.24) is 47.1 Å². The molecule has 4 aromatic carbocycles. The van der Waals surface area contributed by atoms with Gasteiger partial charge >= 0.3 is 0 Å². The van der Waals surface area contributed by atoms with E-state index in [4.69, 9.17) is 19.9 Å². The van der Waals surface area contributed by atoms with Gasteiger partial charge in [-0.15, -0.1) is 0 Å². The van der Waals surface area contributed by atoms with Crippen molar-refractivity contribution in [1.29, 1.82) is 0 Å². The molecule has 0 aliphatic carbocycles. The fourth-order valence-electron chi connectivity index (χ4n) is 10.1. The molecule has 1 aliphatic rings. The first-order valence-electron chi connectivity index (χ1n) is 30.0. The van der Waals surface area contributed by atoms with Gasteiger partial charge in [0, 0.05) is 99.5 Å². The number of rotatable bonds is 35. The number of H-pyrrole nitrogens is 1. The van der Waals surface area contributed by atoms with Crippen LogP contribution in [-0.2, 0) is 78.7 Å². The number of likely N-dealkylation sites (tertiary alicyclic amines) is 1. The summed E-state index contributed by atoms with van der Waals surface area (Å²) in [6.07, 6.45) is 2.49. The number of likely N-dealkylation sites (N-methyl/N-ethyl adjacent to an activating group) is 1. The minimum atomic E-state index is -1.28. The Balaban J connectivity index is 0.944. The number of amides is 8. The van der Waals surface area contributed by atoms with Gasteiger partial charge in [0.25, 0.3) is 0 Å². The van der Waals surface area contributed by atoms with E-state index in [-0.39, 0.29) is 62.2 Å². The Labute approximate surface area is 533 Å². The quantitative estimate of drug-likeness (QED) is 0.0255. The summed E-state index contributed by atoms with van der Waals surface area (Å²) in [5.41, 5.74) is 9.73. The average molecular weight is 1280 g/mol. The van der Waals surface area contributed by atoms with Crippen LogP contribution in [0.15, 0.2) is 97.2 Å². The highest BCUT2D eigenvalue weighted by atomic mass is 32.2. The SMILES string of the molecule is CNC(=O)[C@H](Cc1c[nH]c2ccc(F)cc12)NC(=O)[C@H](Cc1cccc(OCCC(C)=O)c1)NC(=O)[C@@H](C)NC(=O)[C@H](C)NC(=O)CCSCc1cccc(CSCCNC(=O)[C@]2(C)CCCN2C(=O)[C@H](Cc2ccc(OC)cc2)NC(=O)[C@@H](N)[C@@H](C)OC)c1. The van der Waals surface area contributed by atoms with Crippen LogP contribution in [0.2, 0.25) is 0 Å². The number of benzene rings is 4. The van der Waals surface area contributed by atoms with Crippen molar-refractivity contribution in [3.05, 3.63) is 131 Å². The van der Waals surface area contributed by atoms with Gasteiger partial charge in [-0.3, -0.25) is 43.2 Å². The van der Waals surface area contributed by atoms with Crippen molar-refractivity contribution in [2.24, 2.45) is 5.73 Å². The summed E-state index contributed by atoms with van der Waals surface area (Å²) in [7, 11) is 4.43. The number of hydrogen-bond donors (Lipinski definition) is 9. The number of methoxy groups -OCH3 is 2. The zero-order chi connectivity index (χ0) is 65.5. The first kappa shape index (κ1) is 71.1. The molecular formula is C65H85FN10O12S2. The number of ether oxygens (including phenoxy) is 3. The number of thioether (sulfide) groups is 2. The van der Waals surface area contributed by atoms with Crippen molar-refractivity contribution in [2.75, 3.05) is 52.5 Å². The lowest BCUT2D eigenvalue weighted by Crippen LogP contribution is -2.61. The van der Waals surface area contributed by atoms with Gasteiger partial charge in [0.1, 0.15) is 64.9 Å². The van der Waals surface area contributed by atoms with Gasteiger partial charge < -0.3 is 67.0 Å². The van der Waals surface area contributed by atoms with Crippen molar-refractivity contribution in [3.63, 3.8) is 0 Å². The Bertz CT molecular complexity index is 3300. The number of aromatic nitrogens is 1. The predicted octanol–water partition coefficient (Wildman–Crippen LogP) is 4.33. The number of carbonyl (C=O) groups excluding carboxylic acids is 9. The number of nitrogens with one attached hydrogen (secondary N) is 8. The van der Waals surface area contributed by atoms with E-state index in [0.717, 1.165) is 16.7 Å². The van der Waals surface area contributed by atoms with Crippen LogP contribution >= 0.6 is 23.5 Å². The van der Waals surface area contributed by atoms with Gasteiger partial charge in [0.05, 0.1) is 19.8 Å². The van der Waals surface area contributed by atoms with Crippen LogP contribution in [0.3, 0.4) is 0 Å². The number of nitrogens with two attached hydrogens (primary N) is 1. The molecule has 0 unspecified atom stereocenters. The molecule has 8 atom stereocenters. The molecule has 25 heteroatoms. The fourth-order valence-corrected chi connectivity index (χ4v) is 11.8. The topological polar surface area (TPSA) is 311 Å². The van der Waals surface area contributed by atoms with Crippen molar-refractivity contribution < 1.29 is 61.8 Å². The van der Waals surface area contributed by atoms with Crippen LogP contribution in [0, 0.1) is 5.82 Å². The number of halogens is 1. The number of fused-ring (bicyclic) bond motifs is 1. The molecule has 5 aromatic rings. The third-order valence-corrected chi connectivity index (χ3v) is 17.6. The van der Waals surface area contributed by atoms with E-state index in [9.17, 15) is 47.5 Å². The second kappa shape index (κ2) is 34.8. The molecule has 1 saturated heterocycles. The molecule has 1 aromatic heterocycles. The maximum atomic E-state index is 14.3. The van der Waals surface area contributed by atoms with Crippen molar-refractivity contribution in [3.8, 4) is 11.5 Å². The smallest absolute Gasteiger partial charge is 0.246 e. The molecule has 8 amide bonds. The number of Topliss-reactive ketones (excluding diaryl/α,β-unsaturated/α-hetero) is 1. The monoisotopic (exact) mass is 1280 g/mol. The minimum Gasteiger partial charge on any atom is -0.497 e. The van der Waals surface area contributed by atoms with E-state index in [2.05, 4.69) is 48.3 Å². The lowest BCUT2D eigenvalue weighted by atomic mass is 9.95. The molecule has 22 nitrogen and oxygen atoms in total. The summed E-state index contributed by atoms with van der Waals surface area (Å²) >= 11 is 3.20. The summed E-state index contributed by atoms with van der Waals surface area (Å²) in [6.45, 7) is 8.66. The van der Waals surface area contributed by atoms with E-state index in [1.54, 1.807) is 98.0 Å². The highest BCUT2D eigenvalue weighted by molar-refractivity contribution is 7.98. The molecule has 10 N–H and O–H groups in total. The fraction of sp³-hybridized carbons (Fsp3) is 0.462. The average Bonchev–Trinajstić information content (AvgIpc) is 1.62. The molecule has 0 spiro atoms. The molecule has 6 rings (SSSR count). The van der Waals surface area contributed by atoms with Gasteiger partial charge in [-0.2, -0.15) is 23.5 Å². The highest BCUT2D eigenvalue weighted by Gasteiger charge is 2.47. The molecule has 0 bridgehead atoms. The Morgan fingerprint density at radius 1 is 0.689 bits per heavy atom. The molecule has 1 aliphatic heterocycles.